The van der Waals surface area contributed by atoms with Crippen LogP contribution in [0.4, 0.5) is 0 Å². The van der Waals surface area contributed by atoms with Gasteiger partial charge in [0, 0.05) is 27.9 Å². The Kier molecular flexibility index (Phi) is 23.0. The third kappa shape index (κ3) is 23.5. The molecule has 0 rings (SSSR count). The van der Waals surface area contributed by atoms with Crippen molar-refractivity contribution in [2.45, 2.75) is 6.92 Å². The van der Waals surface area contributed by atoms with E-state index < -0.39 is 0 Å². The van der Waals surface area contributed by atoms with Crippen molar-refractivity contribution in [2.75, 3.05) is 67.6 Å². The molecule has 0 amide bonds. The van der Waals surface area contributed by atoms with Crippen LogP contribution < -0.4 is 0 Å². The maximum Gasteiger partial charge on any atom is 0.0701 e. The van der Waals surface area contributed by atoms with E-state index in [9.17, 15) is 0 Å². The molecule has 16 heavy (non-hydrogen) atoms. The van der Waals surface area contributed by atoms with E-state index in [2.05, 4.69) is 0 Å². The third-order valence-electron chi connectivity index (χ3n) is 1.50. The highest BCUT2D eigenvalue weighted by atomic mass is 16.5. The standard InChI is InChI=1S/C6H14O3.C5H12O2/c1-7-3-5-9-6-4-8-2;1-3-7-5-4-6-2/h3-6H2,1-2H3;3-5H2,1-2H3. The number of rotatable bonds is 10. The summed E-state index contributed by atoms with van der Waals surface area (Å²) in [6.07, 6.45) is 0. The number of hydrogen-bond donors (Lipinski definition) is 0. The summed E-state index contributed by atoms with van der Waals surface area (Å²) in [6.45, 7) is 6.78. The van der Waals surface area contributed by atoms with Crippen LogP contribution in [0.25, 0.3) is 0 Å². The minimum absolute atomic E-state index is 0.653. The zero-order valence-electron chi connectivity index (χ0n) is 11.0. The summed E-state index contributed by atoms with van der Waals surface area (Å²) in [6, 6.07) is 0. The van der Waals surface area contributed by atoms with Gasteiger partial charge in [-0.3, -0.25) is 0 Å². The molecule has 0 fully saturated rings. The molecule has 0 heterocycles. The van der Waals surface area contributed by atoms with Gasteiger partial charge < -0.3 is 23.7 Å². The highest BCUT2D eigenvalue weighted by molar-refractivity contribution is 4.28. The third-order valence-corrected chi connectivity index (χ3v) is 1.50. The maximum absolute atomic E-state index is 5.06. The van der Waals surface area contributed by atoms with Gasteiger partial charge in [-0.1, -0.05) is 0 Å². The largest absolute Gasteiger partial charge is 0.382 e. The van der Waals surface area contributed by atoms with Crippen LogP contribution >= 0.6 is 0 Å². The first kappa shape index (κ1) is 18.2. The van der Waals surface area contributed by atoms with Gasteiger partial charge in [0.2, 0.25) is 0 Å². The van der Waals surface area contributed by atoms with Gasteiger partial charge in [-0.2, -0.15) is 0 Å². The second kappa shape index (κ2) is 20.2. The lowest BCUT2D eigenvalue weighted by atomic mass is 10.7. The number of ether oxygens (including phenoxy) is 5. The van der Waals surface area contributed by atoms with Crippen molar-refractivity contribution in [3.63, 3.8) is 0 Å². The second-order valence-electron chi connectivity index (χ2n) is 2.79. The van der Waals surface area contributed by atoms with Gasteiger partial charge in [-0.15, -0.1) is 0 Å². The lowest BCUT2D eigenvalue weighted by molar-refractivity contribution is 0.0385. The zero-order valence-corrected chi connectivity index (χ0v) is 11.0. The van der Waals surface area contributed by atoms with Crippen LogP contribution in [0.2, 0.25) is 0 Å². The summed E-state index contributed by atoms with van der Waals surface area (Å²) in [4.78, 5) is 0. The van der Waals surface area contributed by atoms with E-state index in [1.54, 1.807) is 21.3 Å². The van der Waals surface area contributed by atoms with E-state index in [0.29, 0.717) is 39.6 Å². The van der Waals surface area contributed by atoms with Crippen LogP contribution in [0.1, 0.15) is 6.92 Å². The molecule has 100 valence electrons. The number of methoxy groups -OCH3 is 3. The summed E-state index contributed by atoms with van der Waals surface area (Å²) in [5.41, 5.74) is 0. The van der Waals surface area contributed by atoms with Crippen molar-refractivity contribution in [3.8, 4) is 0 Å². The Labute approximate surface area is 99.0 Å². The molecular formula is C11H26O5. The predicted molar refractivity (Wildman–Crippen MR) is 62.9 cm³/mol. The van der Waals surface area contributed by atoms with Crippen molar-refractivity contribution < 1.29 is 23.7 Å². The van der Waals surface area contributed by atoms with Crippen molar-refractivity contribution in [1.82, 2.24) is 0 Å². The van der Waals surface area contributed by atoms with Gasteiger partial charge in [-0.05, 0) is 6.92 Å². The van der Waals surface area contributed by atoms with E-state index in [1.807, 2.05) is 6.92 Å². The maximum atomic E-state index is 5.06. The van der Waals surface area contributed by atoms with Crippen LogP contribution in [0.5, 0.6) is 0 Å². The Balaban J connectivity index is 0. The molecular weight excluding hydrogens is 212 g/mol. The molecule has 0 aromatic carbocycles. The molecule has 0 saturated heterocycles. The van der Waals surface area contributed by atoms with Crippen molar-refractivity contribution in [2.24, 2.45) is 0 Å². The summed E-state index contributed by atoms with van der Waals surface area (Å²) < 4.78 is 24.2. The molecule has 5 nitrogen and oxygen atoms in total. The molecule has 0 aliphatic carbocycles. The average molecular weight is 238 g/mol. The molecule has 0 N–H and O–H groups in total. The minimum atomic E-state index is 0.653. The molecule has 0 aromatic heterocycles. The first-order valence-corrected chi connectivity index (χ1v) is 5.45. The molecule has 0 bridgehead atoms. The molecule has 0 aliphatic rings. The quantitative estimate of drug-likeness (QED) is 0.531. The molecule has 0 aromatic rings. The van der Waals surface area contributed by atoms with Gasteiger partial charge in [-0.25, -0.2) is 0 Å². The SMILES string of the molecule is CCOCCOC.COCCOCCOC. The lowest BCUT2D eigenvalue weighted by Crippen LogP contribution is -2.06. The van der Waals surface area contributed by atoms with Crippen LogP contribution in [0.3, 0.4) is 0 Å². The molecule has 0 unspecified atom stereocenters. The van der Waals surface area contributed by atoms with Gasteiger partial charge >= 0.3 is 0 Å². The molecule has 0 radical (unpaired) electrons. The Morgan fingerprint density at radius 2 is 0.938 bits per heavy atom. The first-order valence-electron chi connectivity index (χ1n) is 5.45. The van der Waals surface area contributed by atoms with Crippen molar-refractivity contribution >= 4 is 0 Å². The van der Waals surface area contributed by atoms with Gasteiger partial charge in [0.1, 0.15) is 0 Å². The normalized spacial score (nSPS) is 9.75. The monoisotopic (exact) mass is 238 g/mol. The van der Waals surface area contributed by atoms with Crippen molar-refractivity contribution in [3.05, 3.63) is 0 Å². The van der Waals surface area contributed by atoms with Crippen molar-refractivity contribution in [1.29, 1.82) is 0 Å². The fraction of sp³-hybridized carbons (Fsp3) is 1.00. The van der Waals surface area contributed by atoms with Gasteiger partial charge in [0.25, 0.3) is 0 Å². The van der Waals surface area contributed by atoms with E-state index >= 15 is 0 Å². The minimum Gasteiger partial charge on any atom is -0.382 e. The lowest BCUT2D eigenvalue weighted by Gasteiger charge is -2.00. The Morgan fingerprint density at radius 1 is 0.562 bits per heavy atom. The Hall–Kier alpha value is -0.200. The molecule has 0 saturated carbocycles. The predicted octanol–water partition coefficient (Wildman–Crippen LogP) is 0.965. The fourth-order valence-corrected chi connectivity index (χ4v) is 0.673. The summed E-state index contributed by atoms with van der Waals surface area (Å²) in [5, 5.41) is 0. The van der Waals surface area contributed by atoms with Crippen LogP contribution in [0.15, 0.2) is 0 Å². The van der Waals surface area contributed by atoms with Gasteiger partial charge in [0.15, 0.2) is 0 Å². The van der Waals surface area contributed by atoms with Crippen LogP contribution in [0, 0.1) is 0 Å². The Morgan fingerprint density at radius 3 is 1.25 bits per heavy atom. The molecule has 0 atom stereocenters. The topological polar surface area (TPSA) is 46.2 Å². The highest BCUT2D eigenvalue weighted by Gasteiger charge is 1.84. The van der Waals surface area contributed by atoms with E-state index in [1.165, 1.54) is 0 Å². The molecule has 5 heteroatoms. The Bertz CT molecular complexity index is 90.4. The zero-order chi connectivity index (χ0) is 12.5. The molecule has 0 spiro atoms. The van der Waals surface area contributed by atoms with Crippen LogP contribution in [-0.2, 0) is 23.7 Å². The second-order valence-corrected chi connectivity index (χ2v) is 2.79. The number of hydrogen-bond acceptors (Lipinski definition) is 5. The summed E-state index contributed by atoms with van der Waals surface area (Å²) in [7, 11) is 4.97. The summed E-state index contributed by atoms with van der Waals surface area (Å²) >= 11 is 0. The van der Waals surface area contributed by atoms with E-state index in [-0.39, 0.29) is 0 Å². The first-order chi connectivity index (χ1) is 7.83. The van der Waals surface area contributed by atoms with E-state index in [4.69, 9.17) is 23.7 Å². The highest BCUT2D eigenvalue weighted by Crippen LogP contribution is 1.75. The van der Waals surface area contributed by atoms with Gasteiger partial charge in [0.05, 0.1) is 39.6 Å². The van der Waals surface area contributed by atoms with Crippen LogP contribution in [-0.4, -0.2) is 67.6 Å². The van der Waals surface area contributed by atoms with E-state index in [0.717, 1.165) is 6.61 Å². The molecule has 0 aliphatic heterocycles. The smallest absolute Gasteiger partial charge is 0.0701 e. The average Bonchev–Trinajstić information content (AvgIpc) is 2.31. The summed E-state index contributed by atoms with van der Waals surface area (Å²) in [5.74, 6) is 0. The fourth-order valence-electron chi connectivity index (χ4n) is 0.673.